The zero-order valence-electron chi connectivity index (χ0n) is 19.5. The molecule has 0 saturated carbocycles. The van der Waals surface area contributed by atoms with Crippen LogP contribution in [0.15, 0.2) is 41.2 Å². The predicted molar refractivity (Wildman–Crippen MR) is 125 cm³/mol. The van der Waals surface area contributed by atoms with E-state index in [1.807, 2.05) is 0 Å². The Kier molecular flexibility index (Phi) is 5.71. The van der Waals surface area contributed by atoms with Crippen molar-refractivity contribution in [3.8, 4) is 23.1 Å². The molecule has 3 aromatic rings. The minimum absolute atomic E-state index is 0.0326. The van der Waals surface area contributed by atoms with Crippen molar-refractivity contribution in [3.05, 3.63) is 69.1 Å². The molecule has 0 radical (unpaired) electrons. The number of fused-ring (bicyclic) bond motifs is 1. The van der Waals surface area contributed by atoms with E-state index in [0.717, 1.165) is 61.8 Å². The Labute approximate surface area is 217 Å². The maximum Gasteiger partial charge on any atom is 0.573 e. The minimum Gasteiger partial charge on any atom is -0.473 e. The zero-order valence-corrected chi connectivity index (χ0v) is 20.3. The molecule has 7 nitrogen and oxygen atoms in total. The van der Waals surface area contributed by atoms with E-state index in [1.54, 1.807) is 10.6 Å². The molecule has 2 aromatic carbocycles. The Morgan fingerprint density at radius 1 is 1.08 bits per heavy atom. The van der Waals surface area contributed by atoms with Gasteiger partial charge in [-0.15, -0.1) is 13.2 Å². The molecule has 0 aliphatic carbocycles. The zero-order chi connectivity index (χ0) is 26.8. The lowest BCUT2D eigenvalue weighted by atomic mass is 9.88. The molecule has 13 heteroatoms. The predicted octanol–water partition coefficient (Wildman–Crippen LogP) is 5.96. The number of hydrogen-bond acceptors (Lipinski definition) is 6. The summed E-state index contributed by atoms with van der Waals surface area (Å²) in [6.07, 6.45) is -0.741. The third-order valence-electron chi connectivity index (χ3n) is 7.22. The monoisotopic (exact) mass is 555 g/mol. The normalized spacial score (nSPS) is 21.4. The van der Waals surface area contributed by atoms with E-state index in [-0.39, 0.29) is 29.3 Å². The van der Waals surface area contributed by atoms with E-state index in [2.05, 4.69) is 14.6 Å². The van der Waals surface area contributed by atoms with Crippen molar-refractivity contribution in [1.29, 1.82) is 0 Å². The number of anilines is 1. The first kappa shape index (κ1) is 24.8. The molecule has 38 heavy (non-hydrogen) atoms. The minimum atomic E-state index is -4.96. The van der Waals surface area contributed by atoms with Crippen LogP contribution < -0.4 is 24.8 Å². The Morgan fingerprint density at radius 2 is 1.79 bits per heavy atom. The molecule has 2 bridgehead atoms. The standard InChI is InChI=1S/C25H19ClF5N3O4/c26-16-9-15(1-2-19(16)38-25(29,30)31)37-22-17(27)7-13(8-18(22)28)11-36-20-10-21-33(23(35)32-20)12-24-5-3-14(4-6-24)34(21)24/h1-2,7-10,14H,3-6,11-12H2. The first-order valence-electron chi connectivity index (χ1n) is 11.8. The number of hydrogen-bond donors (Lipinski definition) is 0. The molecule has 0 N–H and O–H groups in total. The van der Waals surface area contributed by atoms with Crippen molar-refractivity contribution in [3.63, 3.8) is 0 Å². The Morgan fingerprint density at radius 3 is 2.45 bits per heavy atom. The molecule has 3 aliphatic heterocycles. The van der Waals surface area contributed by atoms with Gasteiger partial charge in [0.15, 0.2) is 17.4 Å². The Hall–Kier alpha value is -3.54. The molecule has 2 saturated heterocycles. The van der Waals surface area contributed by atoms with E-state index in [9.17, 15) is 26.7 Å². The van der Waals surface area contributed by atoms with Crippen molar-refractivity contribution in [2.75, 3.05) is 4.90 Å². The van der Waals surface area contributed by atoms with Gasteiger partial charge in [-0.1, -0.05) is 11.6 Å². The molecule has 2 fully saturated rings. The third-order valence-corrected chi connectivity index (χ3v) is 7.52. The van der Waals surface area contributed by atoms with E-state index in [4.69, 9.17) is 21.1 Å². The van der Waals surface area contributed by atoms with Crippen LogP contribution >= 0.6 is 11.6 Å². The van der Waals surface area contributed by atoms with E-state index < -0.39 is 40.2 Å². The topological polar surface area (TPSA) is 65.8 Å². The highest BCUT2D eigenvalue weighted by Gasteiger charge is 2.56. The molecular formula is C25H19ClF5N3O4. The van der Waals surface area contributed by atoms with Crippen molar-refractivity contribution < 1.29 is 36.2 Å². The summed E-state index contributed by atoms with van der Waals surface area (Å²) in [4.78, 5) is 18.9. The quantitative estimate of drug-likeness (QED) is 0.350. The maximum absolute atomic E-state index is 14.7. The fourth-order valence-corrected chi connectivity index (χ4v) is 5.91. The summed E-state index contributed by atoms with van der Waals surface area (Å²) in [5.41, 5.74) is -0.354. The van der Waals surface area contributed by atoms with Crippen LogP contribution in [0.3, 0.4) is 0 Å². The van der Waals surface area contributed by atoms with Crippen LogP contribution in [0.2, 0.25) is 5.02 Å². The van der Waals surface area contributed by atoms with Gasteiger partial charge in [0, 0.05) is 18.2 Å². The molecule has 0 atom stereocenters. The SMILES string of the molecule is O=c1nc(OCc2cc(F)c(Oc3ccc(OC(F)(F)F)c(Cl)c3)c(F)c2)cc2n1CC13CCC(CC1)N23. The highest BCUT2D eigenvalue weighted by atomic mass is 35.5. The smallest absolute Gasteiger partial charge is 0.473 e. The van der Waals surface area contributed by atoms with Gasteiger partial charge >= 0.3 is 12.1 Å². The summed E-state index contributed by atoms with van der Waals surface area (Å²) < 4.78 is 82.8. The van der Waals surface area contributed by atoms with Crippen molar-refractivity contribution in [2.24, 2.45) is 0 Å². The van der Waals surface area contributed by atoms with Crippen molar-refractivity contribution >= 4 is 17.4 Å². The summed E-state index contributed by atoms with van der Waals surface area (Å²) in [7, 11) is 0. The molecular weight excluding hydrogens is 537 g/mol. The van der Waals surface area contributed by atoms with Crippen LogP contribution in [0.1, 0.15) is 31.2 Å². The largest absolute Gasteiger partial charge is 0.573 e. The lowest BCUT2D eigenvalue weighted by Crippen LogP contribution is -2.38. The molecule has 0 amide bonds. The number of halogens is 6. The number of benzene rings is 2. The van der Waals surface area contributed by atoms with Gasteiger partial charge < -0.3 is 19.1 Å². The fourth-order valence-electron chi connectivity index (χ4n) is 5.70. The second-order valence-corrected chi connectivity index (χ2v) is 9.97. The van der Waals surface area contributed by atoms with Crippen LogP contribution in [0.25, 0.3) is 0 Å². The highest BCUT2D eigenvalue weighted by Crippen LogP contribution is 2.53. The number of rotatable bonds is 6. The summed E-state index contributed by atoms with van der Waals surface area (Å²) in [5.74, 6) is -3.01. The Balaban J connectivity index is 1.17. The second kappa shape index (κ2) is 8.75. The van der Waals surface area contributed by atoms with Gasteiger partial charge in [0.2, 0.25) is 5.88 Å². The lowest BCUT2D eigenvalue weighted by Gasteiger charge is -2.27. The summed E-state index contributed by atoms with van der Waals surface area (Å²) >= 11 is 5.76. The molecule has 200 valence electrons. The van der Waals surface area contributed by atoms with Crippen LogP contribution in [-0.4, -0.2) is 27.5 Å². The summed E-state index contributed by atoms with van der Waals surface area (Å²) in [5, 5.41) is -0.462. The van der Waals surface area contributed by atoms with Crippen molar-refractivity contribution in [2.45, 2.75) is 56.8 Å². The second-order valence-electron chi connectivity index (χ2n) is 9.57. The fraction of sp³-hybridized carbons (Fsp3) is 0.360. The first-order chi connectivity index (χ1) is 18.0. The molecule has 0 unspecified atom stereocenters. The van der Waals surface area contributed by atoms with E-state index in [0.29, 0.717) is 12.6 Å². The van der Waals surface area contributed by atoms with E-state index in [1.165, 1.54) is 0 Å². The van der Waals surface area contributed by atoms with Gasteiger partial charge in [0.05, 0.1) is 17.1 Å². The maximum atomic E-state index is 14.7. The number of nitrogens with zero attached hydrogens (tertiary/aromatic N) is 3. The molecule has 6 rings (SSSR count). The van der Waals surface area contributed by atoms with Gasteiger partial charge in [0.1, 0.15) is 23.9 Å². The number of alkyl halides is 3. The average molecular weight is 556 g/mol. The lowest BCUT2D eigenvalue weighted by molar-refractivity contribution is -0.274. The van der Waals surface area contributed by atoms with Gasteiger partial charge in [0.25, 0.3) is 0 Å². The van der Waals surface area contributed by atoms with Gasteiger partial charge in [-0.05, 0) is 55.5 Å². The molecule has 4 heterocycles. The van der Waals surface area contributed by atoms with E-state index >= 15 is 0 Å². The first-order valence-corrected chi connectivity index (χ1v) is 12.1. The van der Waals surface area contributed by atoms with Crippen molar-refractivity contribution in [1.82, 2.24) is 9.55 Å². The van der Waals surface area contributed by atoms with Gasteiger partial charge in [-0.2, -0.15) is 4.98 Å². The van der Waals surface area contributed by atoms with Crippen LogP contribution in [0.5, 0.6) is 23.1 Å². The molecule has 1 aromatic heterocycles. The summed E-state index contributed by atoms with van der Waals surface area (Å²) in [6, 6.07) is 6.87. The number of aromatic nitrogens is 2. The number of ether oxygens (including phenoxy) is 3. The van der Waals surface area contributed by atoms with Crippen LogP contribution in [-0.2, 0) is 13.2 Å². The highest BCUT2D eigenvalue weighted by molar-refractivity contribution is 6.32. The van der Waals surface area contributed by atoms with Crippen LogP contribution in [0, 0.1) is 11.6 Å². The average Bonchev–Trinajstić information content (AvgIpc) is 3.47. The molecule has 3 aliphatic rings. The Bertz CT molecular complexity index is 1460. The third kappa shape index (κ3) is 4.30. The van der Waals surface area contributed by atoms with Crippen LogP contribution in [0.4, 0.5) is 27.8 Å². The van der Waals surface area contributed by atoms with Gasteiger partial charge in [-0.3, -0.25) is 4.57 Å². The molecule has 0 spiro atoms. The summed E-state index contributed by atoms with van der Waals surface area (Å²) in [6.45, 7) is 0.333. The van der Waals surface area contributed by atoms with Gasteiger partial charge in [-0.25, -0.2) is 13.6 Å².